The fourth-order valence-corrected chi connectivity index (χ4v) is 1.24. The van der Waals surface area contributed by atoms with Crippen molar-refractivity contribution in [3.63, 3.8) is 0 Å². The molecule has 0 aromatic carbocycles. The molecule has 1 fully saturated rings. The van der Waals surface area contributed by atoms with Crippen LogP contribution in [-0.4, -0.2) is 36.4 Å². The molecule has 2 aliphatic rings. The lowest BCUT2D eigenvalue weighted by Gasteiger charge is -2.24. The molecule has 0 aromatic rings. The number of aliphatic imine (C=N–C) groups is 1. The van der Waals surface area contributed by atoms with E-state index in [0.29, 0.717) is 6.42 Å². The van der Waals surface area contributed by atoms with Crippen molar-refractivity contribution in [2.24, 2.45) is 4.99 Å². The molecule has 2 heterocycles. The molecule has 0 bridgehead atoms. The van der Waals surface area contributed by atoms with Gasteiger partial charge in [-0.2, -0.15) is 0 Å². The number of guanidine groups is 1. The number of nitrogens with one attached hydrogen (secondary N) is 1. The number of carbonyl (C=O) groups excluding carboxylic acids is 1. The van der Waals surface area contributed by atoms with Gasteiger partial charge < -0.3 is 4.90 Å². The Morgan fingerprint density at radius 2 is 2.40 bits per heavy atom. The number of carbonyl (C=O) groups is 1. The summed E-state index contributed by atoms with van der Waals surface area (Å²) in [6.45, 7) is 2.63. The topological polar surface area (TPSA) is 44.7 Å². The van der Waals surface area contributed by atoms with Crippen molar-refractivity contribution in [3.8, 4) is 0 Å². The van der Waals surface area contributed by atoms with Crippen LogP contribution in [0.4, 0.5) is 0 Å². The van der Waals surface area contributed by atoms with Gasteiger partial charge in [-0.25, -0.2) is 0 Å². The molecule has 2 rings (SSSR count). The van der Waals surface area contributed by atoms with Crippen molar-refractivity contribution < 1.29 is 4.79 Å². The molecule has 1 N–H and O–H groups in total. The van der Waals surface area contributed by atoms with Crippen LogP contribution in [0.5, 0.6) is 0 Å². The Hall–Kier alpha value is -1.06. The van der Waals surface area contributed by atoms with Gasteiger partial charge in [0.2, 0.25) is 11.9 Å². The fraction of sp³-hybridized carbons (Fsp3) is 0.667. The second-order valence-corrected chi connectivity index (χ2v) is 2.49. The van der Waals surface area contributed by atoms with E-state index in [-0.39, 0.29) is 5.91 Å². The van der Waals surface area contributed by atoms with E-state index < -0.39 is 0 Å². The van der Waals surface area contributed by atoms with Crippen LogP contribution in [0.2, 0.25) is 0 Å². The van der Waals surface area contributed by atoms with Gasteiger partial charge in [0.1, 0.15) is 0 Å². The summed E-state index contributed by atoms with van der Waals surface area (Å²) in [5, 5.41) is 2.72. The van der Waals surface area contributed by atoms with E-state index in [9.17, 15) is 4.79 Å². The first-order valence-electron chi connectivity index (χ1n) is 3.45. The van der Waals surface area contributed by atoms with Crippen LogP contribution in [0.3, 0.4) is 0 Å². The van der Waals surface area contributed by atoms with Gasteiger partial charge in [-0.1, -0.05) is 0 Å². The SMILES string of the molecule is O=C1CCN2CCN=C2N1. The monoisotopic (exact) mass is 139 g/mol. The molecule has 0 saturated carbocycles. The van der Waals surface area contributed by atoms with Gasteiger partial charge in [0, 0.05) is 19.5 Å². The largest absolute Gasteiger partial charge is 0.340 e. The van der Waals surface area contributed by atoms with Gasteiger partial charge in [0.15, 0.2) is 0 Å². The fourth-order valence-electron chi connectivity index (χ4n) is 1.24. The van der Waals surface area contributed by atoms with Crippen LogP contribution >= 0.6 is 0 Å². The average Bonchev–Trinajstić information content (AvgIpc) is 2.33. The summed E-state index contributed by atoms with van der Waals surface area (Å²) < 4.78 is 0. The van der Waals surface area contributed by atoms with Crippen LogP contribution in [0.25, 0.3) is 0 Å². The van der Waals surface area contributed by atoms with Gasteiger partial charge in [-0.05, 0) is 0 Å². The molecule has 4 heteroatoms. The number of hydrogen-bond acceptors (Lipinski definition) is 3. The normalized spacial score (nSPS) is 23.8. The quantitative estimate of drug-likeness (QED) is 0.476. The van der Waals surface area contributed by atoms with Gasteiger partial charge in [0.05, 0.1) is 6.54 Å². The predicted molar refractivity (Wildman–Crippen MR) is 36.6 cm³/mol. The predicted octanol–water partition coefficient (Wildman–Crippen LogP) is -0.822. The minimum atomic E-state index is 0.0944. The highest BCUT2D eigenvalue weighted by Gasteiger charge is 2.23. The number of nitrogens with zero attached hydrogens (tertiary/aromatic N) is 2. The molecule has 4 nitrogen and oxygen atoms in total. The third kappa shape index (κ3) is 0.761. The van der Waals surface area contributed by atoms with E-state index in [4.69, 9.17) is 0 Å². The van der Waals surface area contributed by atoms with Crippen molar-refractivity contribution in [2.75, 3.05) is 19.6 Å². The highest BCUT2D eigenvalue weighted by molar-refractivity contribution is 5.99. The first-order chi connectivity index (χ1) is 4.86. The van der Waals surface area contributed by atoms with Crippen molar-refractivity contribution in [1.29, 1.82) is 0 Å². The van der Waals surface area contributed by atoms with Crippen LogP contribution in [-0.2, 0) is 4.79 Å². The molecule has 0 atom stereocenters. The summed E-state index contributed by atoms with van der Waals surface area (Å²) in [6.07, 6.45) is 0.610. The lowest BCUT2D eigenvalue weighted by Crippen LogP contribution is -2.48. The molecule has 10 heavy (non-hydrogen) atoms. The van der Waals surface area contributed by atoms with Crippen molar-refractivity contribution in [3.05, 3.63) is 0 Å². The molecule has 2 aliphatic heterocycles. The summed E-state index contributed by atoms with van der Waals surface area (Å²) in [5.41, 5.74) is 0. The maximum Gasteiger partial charge on any atom is 0.228 e. The Bertz CT molecular complexity index is 199. The van der Waals surface area contributed by atoms with Crippen LogP contribution in [0, 0.1) is 0 Å². The lowest BCUT2D eigenvalue weighted by molar-refractivity contribution is -0.120. The Balaban J connectivity index is 2.14. The molecule has 0 unspecified atom stereocenters. The van der Waals surface area contributed by atoms with Gasteiger partial charge in [0.25, 0.3) is 0 Å². The van der Waals surface area contributed by atoms with Crippen LogP contribution in [0.15, 0.2) is 4.99 Å². The molecule has 0 radical (unpaired) electrons. The zero-order valence-electron chi connectivity index (χ0n) is 5.63. The van der Waals surface area contributed by atoms with E-state index in [0.717, 1.165) is 25.6 Å². The zero-order chi connectivity index (χ0) is 6.97. The molecule has 54 valence electrons. The summed E-state index contributed by atoms with van der Waals surface area (Å²) >= 11 is 0. The number of hydrogen-bond donors (Lipinski definition) is 1. The van der Waals surface area contributed by atoms with Gasteiger partial charge in [-0.15, -0.1) is 0 Å². The smallest absolute Gasteiger partial charge is 0.228 e. The maximum absolute atomic E-state index is 10.8. The van der Waals surface area contributed by atoms with Crippen LogP contribution < -0.4 is 5.32 Å². The number of fused-ring (bicyclic) bond motifs is 1. The summed E-state index contributed by atoms with van der Waals surface area (Å²) in [7, 11) is 0. The van der Waals surface area contributed by atoms with E-state index in [1.165, 1.54) is 0 Å². The summed E-state index contributed by atoms with van der Waals surface area (Å²) in [6, 6.07) is 0. The first kappa shape index (κ1) is 5.70. The van der Waals surface area contributed by atoms with Crippen molar-refractivity contribution in [1.82, 2.24) is 10.2 Å². The Morgan fingerprint density at radius 3 is 3.30 bits per heavy atom. The van der Waals surface area contributed by atoms with Gasteiger partial charge >= 0.3 is 0 Å². The van der Waals surface area contributed by atoms with Gasteiger partial charge in [-0.3, -0.25) is 15.1 Å². The highest BCUT2D eigenvalue weighted by atomic mass is 16.2. The second kappa shape index (κ2) is 1.97. The van der Waals surface area contributed by atoms with E-state index >= 15 is 0 Å². The number of rotatable bonds is 0. The Labute approximate surface area is 58.9 Å². The number of amides is 1. The molecule has 1 amide bonds. The zero-order valence-corrected chi connectivity index (χ0v) is 5.63. The molecule has 0 aromatic heterocycles. The average molecular weight is 139 g/mol. The Morgan fingerprint density at radius 1 is 1.50 bits per heavy atom. The summed E-state index contributed by atoms with van der Waals surface area (Å²) in [4.78, 5) is 17.0. The van der Waals surface area contributed by atoms with E-state index in [1.54, 1.807) is 0 Å². The maximum atomic E-state index is 10.8. The molecular formula is C6H9N3O. The van der Waals surface area contributed by atoms with E-state index in [1.807, 2.05) is 0 Å². The lowest BCUT2D eigenvalue weighted by atomic mass is 10.3. The Kier molecular flexibility index (Phi) is 1.12. The molecular weight excluding hydrogens is 130 g/mol. The third-order valence-corrected chi connectivity index (χ3v) is 1.79. The van der Waals surface area contributed by atoms with Crippen molar-refractivity contribution in [2.45, 2.75) is 6.42 Å². The minimum Gasteiger partial charge on any atom is -0.340 e. The molecule has 0 aliphatic carbocycles. The third-order valence-electron chi connectivity index (χ3n) is 1.79. The molecule has 0 spiro atoms. The molecule has 1 saturated heterocycles. The van der Waals surface area contributed by atoms with Crippen molar-refractivity contribution >= 4 is 11.9 Å². The highest BCUT2D eigenvalue weighted by Crippen LogP contribution is 2.04. The first-order valence-corrected chi connectivity index (χ1v) is 3.45. The van der Waals surface area contributed by atoms with E-state index in [2.05, 4.69) is 15.2 Å². The standard InChI is InChI=1S/C6H9N3O/c10-5-1-3-9-4-2-7-6(9)8-5/h1-4H2,(H,7,8,10). The second-order valence-electron chi connectivity index (χ2n) is 2.49. The minimum absolute atomic E-state index is 0.0944. The summed E-state index contributed by atoms with van der Waals surface area (Å²) in [5.74, 6) is 0.869. The van der Waals surface area contributed by atoms with Crippen LogP contribution in [0.1, 0.15) is 6.42 Å².